The molecular formula is C21H27ClN6. The minimum Gasteiger partial charge on any atom is -0.352 e. The van der Waals surface area contributed by atoms with Gasteiger partial charge in [0.2, 0.25) is 0 Å². The van der Waals surface area contributed by atoms with Crippen molar-refractivity contribution < 1.29 is 0 Å². The van der Waals surface area contributed by atoms with Gasteiger partial charge in [0.1, 0.15) is 5.69 Å². The largest absolute Gasteiger partial charge is 0.352 e. The number of aryl methyl sites for hydroxylation is 2. The maximum absolute atomic E-state index is 4.67. The molecule has 0 saturated carbocycles. The Kier molecular flexibility index (Phi) is 6.31. The van der Waals surface area contributed by atoms with Crippen LogP contribution in [0.4, 0.5) is 5.82 Å². The third-order valence-electron chi connectivity index (χ3n) is 5.37. The average Bonchev–Trinajstić information content (AvgIpc) is 3.01. The van der Waals surface area contributed by atoms with Crippen molar-refractivity contribution in [2.75, 3.05) is 31.1 Å². The summed E-state index contributed by atoms with van der Waals surface area (Å²) in [6, 6.07) is 8.48. The van der Waals surface area contributed by atoms with Crippen molar-refractivity contribution in [3.05, 3.63) is 59.7 Å². The van der Waals surface area contributed by atoms with Crippen LogP contribution in [0.1, 0.15) is 16.8 Å². The van der Waals surface area contributed by atoms with Gasteiger partial charge in [-0.2, -0.15) is 5.10 Å². The van der Waals surface area contributed by atoms with E-state index in [1.807, 2.05) is 17.9 Å². The van der Waals surface area contributed by atoms with E-state index >= 15 is 0 Å². The van der Waals surface area contributed by atoms with E-state index in [-0.39, 0.29) is 12.4 Å². The number of rotatable bonds is 4. The second kappa shape index (κ2) is 8.71. The summed E-state index contributed by atoms with van der Waals surface area (Å²) >= 11 is 0. The molecule has 0 aliphatic carbocycles. The topological polar surface area (TPSA) is 50.1 Å². The quantitative estimate of drug-likeness (QED) is 0.675. The van der Waals surface area contributed by atoms with Crippen molar-refractivity contribution in [2.24, 2.45) is 7.05 Å². The van der Waals surface area contributed by atoms with E-state index in [9.17, 15) is 0 Å². The SMILES string of the molecule is Cc1cccc(-c2nccnc2N2CCN(Cc3cnn(C)c3C)CC2)c1.Cl. The monoisotopic (exact) mass is 398 g/mol. The first kappa shape index (κ1) is 20.3. The van der Waals surface area contributed by atoms with Crippen molar-refractivity contribution in [1.29, 1.82) is 0 Å². The molecule has 6 nitrogen and oxygen atoms in total. The maximum Gasteiger partial charge on any atom is 0.155 e. The van der Waals surface area contributed by atoms with Crippen LogP contribution in [0.25, 0.3) is 11.3 Å². The van der Waals surface area contributed by atoms with Crippen LogP contribution < -0.4 is 4.90 Å². The lowest BCUT2D eigenvalue weighted by atomic mass is 10.1. The Morgan fingerprint density at radius 2 is 1.75 bits per heavy atom. The Bertz CT molecular complexity index is 930. The van der Waals surface area contributed by atoms with Crippen molar-refractivity contribution >= 4 is 18.2 Å². The van der Waals surface area contributed by atoms with E-state index in [1.54, 1.807) is 12.4 Å². The highest BCUT2D eigenvalue weighted by Gasteiger charge is 2.22. The highest BCUT2D eigenvalue weighted by molar-refractivity contribution is 5.85. The summed E-state index contributed by atoms with van der Waals surface area (Å²) in [5.74, 6) is 0.986. The van der Waals surface area contributed by atoms with E-state index in [1.165, 1.54) is 16.8 Å². The number of anilines is 1. The molecule has 0 radical (unpaired) electrons. The van der Waals surface area contributed by atoms with Crippen molar-refractivity contribution in [2.45, 2.75) is 20.4 Å². The number of hydrogen-bond donors (Lipinski definition) is 0. The molecule has 7 heteroatoms. The molecule has 28 heavy (non-hydrogen) atoms. The fourth-order valence-electron chi connectivity index (χ4n) is 3.62. The normalized spacial score (nSPS) is 14.8. The zero-order chi connectivity index (χ0) is 18.8. The van der Waals surface area contributed by atoms with Crippen molar-refractivity contribution in [3.63, 3.8) is 0 Å². The van der Waals surface area contributed by atoms with Crippen molar-refractivity contribution in [3.8, 4) is 11.3 Å². The molecular weight excluding hydrogens is 372 g/mol. The van der Waals surface area contributed by atoms with Crippen molar-refractivity contribution in [1.82, 2.24) is 24.6 Å². The summed E-state index contributed by atoms with van der Waals surface area (Å²) in [6.45, 7) is 9.13. The fraction of sp³-hybridized carbons (Fsp3) is 0.381. The van der Waals surface area contributed by atoms with Gasteiger partial charge >= 0.3 is 0 Å². The van der Waals surface area contributed by atoms with E-state index in [4.69, 9.17) is 0 Å². The zero-order valence-electron chi connectivity index (χ0n) is 16.7. The summed E-state index contributed by atoms with van der Waals surface area (Å²) in [7, 11) is 2.00. The van der Waals surface area contributed by atoms with Gasteiger partial charge in [-0.1, -0.05) is 23.8 Å². The number of benzene rings is 1. The minimum atomic E-state index is 0. The van der Waals surface area contributed by atoms with E-state index in [2.05, 4.69) is 63.0 Å². The third-order valence-corrected chi connectivity index (χ3v) is 5.37. The van der Waals surface area contributed by atoms with Gasteiger partial charge in [-0.25, -0.2) is 4.98 Å². The molecule has 0 bridgehead atoms. The Morgan fingerprint density at radius 1 is 1.00 bits per heavy atom. The smallest absolute Gasteiger partial charge is 0.155 e. The standard InChI is InChI=1S/C21H26N6.ClH/c1-16-5-4-6-18(13-16)20-21(23-8-7-22-20)27-11-9-26(10-12-27)15-19-14-24-25(3)17(19)2;/h4-8,13-14H,9-12,15H2,1-3H3;1H. The molecule has 1 aliphatic rings. The molecule has 0 unspecified atom stereocenters. The average molecular weight is 399 g/mol. The number of halogens is 1. The second-order valence-corrected chi connectivity index (χ2v) is 7.24. The molecule has 1 aromatic carbocycles. The Balaban J connectivity index is 0.00000225. The molecule has 0 N–H and O–H groups in total. The lowest BCUT2D eigenvalue weighted by molar-refractivity contribution is 0.249. The minimum absolute atomic E-state index is 0. The van der Waals surface area contributed by atoms with Crippen LogP contribution in [-0.4, -0.2) is 50.8 Å². The van der Waals surface area contributed by atoms with E-state index in [0.29, 0.717) is 0 Å². The first-order valence-electron chi connectivity index (χ1n) is 9.44. The maximum atomic E-state index is 4.67. The Morgan fingerprint density at radius 3 is 2.43 bits per heavy atom. The van der Waals surface area contributed by atoms with Crippen LogP contribution in [-0.2, 0) is 13.6 Å². The predicted molar refractivity (Wildman–Crippen MR) is 115 cm³/mol. The van der Waals surface area contributed by atoms with E-state index in [0.717, 1.165) is 49.8 Å². The first-order valence-corrected chi connectivity index (χ1v) is 9.44. The molecule has 4 rings (SSSR count). The van der Waals surface area contributed by atoms with Gasteiger partial charge in [0.15, 0.2) is 5.82 Å². The van der Waals surface area contributed by atoms with Gasteiger partial charge in [0.25, 0.3) is 0 Å². The Hall–Kier alpha value is -2.44. The third kappa shape index (κ3) is 4.18. The zero-order valence-corrected chi connectivity index (χ0v) is 17.5. The second-order valence-electron chi connectivity index (χ2n) is 7.24. The van der Waals surface area contributed by atoms with Crippen LogP contribution in [0.15, 0.2) is 42.9 Å². The van der Waals surface area contributed by atoms with Gasteiger partial charge in [-0.3, -0.25) is 14.6 Å². The van der Waals surface area contributed by atoms with Gasteiger partial charge < -0.3 is 4.90 Å². The molecule has 3 heterocycles. The summed E-state index contributed by atoms with van der Waals surface area (Å²) in [4.78, 5) is 14.2. The summed E-state index contributed by atoms with van der Waals surface area (Å²) in [6.07, 6.45) is 5.56. The van der Waals surface area contributed by atoms with Gasteiger partial charge in [-0.05, 0) is 19.9 Å². The van der Waals surface area contributed by atoms with Crippen LogP contribution >= 0.6 is 12.4 Å². The Labute approximate surface area is 172 Å². The first-order chi connectivity index (χ1) is 13.1. The molecule has 148 valence electrons. The summed E-state index contributed by atoms with van der Waals surface area (Å²) in [5.41, 5.74) is 5.89. The molecule has 3 aromatic rings. The fourth-order valence-corrected chi connectivity index (χ4v) is 3.62. The van der Waals surface area contributed by atoms with Gasteiger partial charge in [-0.15, -0.1) is 12.4 Å². The van der Waals surface area contributed by atoms with E-state index < -0.39 is 0 Å². The summed E-state index contributed by atoms with van der Waals surface area (Å²) in [5, 5.41) is 4.36. The van der Waals surface area contributed by atoms with Crippen LogP contribution in [0.5, 0.6) is 0 Å². The highest BCUT2D eigenvalue weighted by atomic mass is 35.5. The lowest BCUT2D eigenvalue weighted by Crippen LogP contribution is -2.46. The molecule has 1 saturated heterocycles. The number of nitrogens with zero attached hydrogens (tertiary/aromatic N) is 6. The highest BCUT2D eigenvalue weighted by Crippen LogP contribution is 2.28. The summed E-state index contributed by atoms with van der Waals surface area (Å²) < 4.78 is 1.94. The van der Waals surface area contributed by atoms with Crippen LogP contribution in [0.2, 0.25) is 0 Å². The predicted octanol–water partition coefficient (Wildman–Crippen LogP) is 3.24. The number of piperazine rings is 1. The molecule has 1 fully saturated rings. The molecule has 0 amide bonds. The lowest BCUT2D eigenvalue weighted by Gasteiger charge is -2.35. The van der Waals surface area contributed by atoms with Crippen LogP contribution in [0.3, 0.4) is 0 Å². The van der Waals surface area contributed by atoms with Crippen LogP contribution in [0, 0.1) is 13.8 Å². The molecule has 2 aromatic heterocycles. The number of aromatic nitrogens is 4. The van der Waals surface area contributed by atoms with Gasteiger partial charge in [0, 0.05) is 69.0 Å². The van der Waals surface area contributed by atoms with Gasteiger partial charge in [0.05, 0.1) is 6.20 Å². The molecule has 0 atom stereocenters. The molecule has 0 spiro atoms. The molecule has 1 aliphatic heterocycles. The number of hydrogen-bond acceptors (Lipinski definition) is 5.